The number of allylic oxidation sites excluding steroid dienone is 6. The van der Waals surface area contributed by atoms with E-state index in [1.54, 1.807) is 12.1 Å². The van der Waals surface area contributed by atoms with E-state index >= 15 is 0 Å². The number of unbranched alkanes of at least 4 members (excludes halogenated alkanes) is 4. The molecule has 2 aliphatic rings. The quantitative estimate of drug-likeness (QED) is 0.0699. The van der Waals surface area contributed by atoms with Crippen LogP contribution in [0.2, 0.25) is 0 Å². The summed E-state index contributed by atoms with van der Waals surface area (Å²) < 4.78 is 0. The zero-order valence-electron chi connectivity index (χ0n) is 30.5. The van der Waals surface area contributed by atoms with Crippen LogP contribution in [0.3, 0.4) is 0 Å². The average Bonchev–Trinajstić information content (AvgIpc) is 3.03. The van der Waals surface area contributed by atoms with Gasteiger partial charge >= 0.3 is 5.09 Å². The molecule has 4 N–H and O–H groups in total. The first kappa shape index (κ1) is 38.6. The van der Waals surface area contributed by atoms with E-state index in [1.165, 1.54) is 23.3 Å². The minimum Gasteiger partial charge on any atom is -0.508 e. The summed E-state index contributed by atoms with van der Waals surface area (Å²) in [6.45, 7) is 17.2. The maximum atomic E-state index is 12.1. The van der Waals surface area contributed by atoms with Crippen LogP contribution in [0.25, 0.3) is 0 Å². The van der Waals surface area contributed by atoms with Crippen LogP contribution in [0.5, 0.6) is 23.0 Å². The van der Waals surface area contributed by atoms with Gasteiger partial charge in [0.2, 0.25) is 0 Å². The second-order valence-corrected chi connectivity index (χ2v) is 14.6. The monoisotopic (exact) mass is 688 g/mol. The summed E-state index contributed by atoms with van der Waals surface area (Å²) in [7, 11) is 0. The summed E-state index contributed by atoms with van der Waals surface area (Å²) in [4.78, 5) is 22.5. The lowest BCUT2D eigenvalue weighted by atomic mass is 9.72. The standard InChI is InChI=1S/C42H57NO7/c1-27(2)35-17-15-29(5)21-37(35)41-31(23-33(44)25-39(41)46)13-9-7-11-19-49-43(48)50-20-12-8-10-14-32-24-34(45)26-40(47)42(32)38-22-30(6)16-18-36(38)28(3)4/h21-26,35-38H,1,3,7-20H2,2,4-6H3,(H3-,44,45,46,47)/p+1/t35-,36-,37+,38+/m1/s1. The Hall–Kier alpha value is -4.20. The number of aromatic hydroxyl groups is 4. The predicted molar refractivity (Wildman–Crippen MR) is 198 cm³/mol. The Kier molecular flexibility index (Phi) is 14.0. The second-order valence-electron chi connectivity index (χ2n) is 14.6. The van der Waals surface area contributed by atoms with Crippen molar-refractivity contribution in [1.82, 2.24) is 0 Å². The Morgan fingerprint density at radius 2 is 1.08 bits per heavy atom. The zero-order chi connectivity index (χ0) is 36.4. The highest BCUT2D eigenvalue weighted by molar-refractivity contribution is 5.51. The molecule has 0 unspecified atom stereocenters. The van der Waals surface area contributed by atoms with Crippen LogP contribution in [0, 0.1) is 16.7 Å². The third-order valence-corrected chi connectivity index (χ3v) is 10.5. The van der Waals surface area contributed by atoms with Gasteiger partial charge in [-0.05, 0) is 140 Å². The van der Waals surface area contributed by atoms with Crippen LogP contribution in [0.4, 0.5) is 0 Å². The number of rotatable bonds is 18. The van der Waals surface area contributed by atoms with Crippen LogP contribution in [0.1, 0.15) is 126 Å². The molecule has 8 nitrogen and oxygen atoms in total. The Morgan fingerprint density at radius 3 is 1.46 bits per heavy atom. The molecule has 50 heavy (non-hydrogen) atoms. The van der Waals surface area contributed by atoms with Gasteiger partial charge in [-0.1, -0.05) is 47.6 Å². The van der Waals surface area contributed by atoms with Gasteiger partial charge < -0.3 is 20.4 Å². The molecule has 0 fully saturated rings. The van der Waals surface area contributed by atoms with E-state index in [9.17, 15) is 25.3 Å². The maximum Gasteiger partial charge on any atom is 0.477 e. The number of phenols is 4. The van der Waals surface area contributed by atoms with Crippen molar-refractivity contribution < 1.29 is 35.2 Å². The van der Waals surface area contributed by atoms with Crippen LogP contribution < -0.4 is 0 Å². The summed E-state index contributed by atoms with van der Waals surface area (Å²) in [6, 6.07) is 6.36. The van der Waals surface area contributed by atoms with E-state index < -0.39 is 0 Å². The Bertz CT molecular complexity index is 1470. The zero-order valence-corrected chi connectivity index (χ0v) is 30.5. The van der Waals surface area contributed by atoms with Crippen LogP contribution in [-0.4, -0.2) is 38.7 Å². The topological polar surface area (TPSA) is 119 Å². The first-order valence-electron chi connectivity index (χ1n) is 18.3. The van der Waals surface area contributed by atoms with Gasteiger partial charge in [-0.25, -0.2) is 0 Å². The number of benzene rings is 2. The van der Waals surface area contributed by atoms with Crippen molar-refractivity contribution in [3.8, 4) is 23.0 Å². The van der Waals surface area contributed by atoms with Crippen molar-refractivity contribution in [1.29, 1.82) is 0 Å². The van der Waals surface area contributed by atoms with E-state index in [1.807, 2.05) is 13.8 Å². The fourth-order valence-corrected chi connectivity index (χ4v) is 7.86. The van der Waals surface area contributed by atoms with Crippen LogP contribution in [-0.2, 0) is 22.5 Å². The molecule has 0 saturated carbocycles. The molecule has 0 bridgehead atoms. The lowest BCUT2D eigenvalue weighted by Gasteiger charge is -2.32. The molecule has 0 radical (unpaired) electrons. The fourth-order valence-electron chi connectivity index (χ4n) is 7.86. The molecule has 8 heteroatoms. The van der Waals surface area contributed by atoms with E-state index in [-0.39, 0.29) is 65.0 Å². The molecular formula is C42H58NO7+. The lowest BCUT2D eigenvalue weighted by Crippen LogP contribution is -2.18. The van der Waals surface area contributed by atoms with Gasteiger partial charge in [0.05, 0.1) is 0 Å². The number of nitrogens with zero attached hydrogens (tertiary/aromatic N) is 1. The summed E-state index contributed by atoms with van der Waals surface area (Å²) in [5, 5.41) is 42.4. The molecular weight excluding hydrogens is 630 g/mol. The molecule has 2 aromatic rings. The second kappa shape index (κ2) is 18.2. The highest BCUT2D eigenvalue weighted by Gasteiger charge is 2.31. The first-order chi connectivity index (χ1) is 23.8. The number of hydrogen-bond acceptors (Lipinski definition) is 7. The third-order valence-electron chi connectivity index (χ3n) is 10.5. The maximum absolute atomic E-state index is 12.1. The fraction of sp³-hybridized carbons (Fsp3) is 0.524. The molecule has 0 aliphatic heterocycles. The number of hydrogen-bond donors (Lipinski definition) is 4. The molecule has 2 aromatic carbocycles. The van der Waals surface area contributed by atoms with Gasteiger partial charge in [0.25, 0.3) is 0 Å². The van der Waals surface area contributed by atoms with Gasteiger partial charge in [0.15, 0.2) is 13.2 Å². The predicted octanol–water partition coefficient (Wildman–Crippen LogP) is 10.3. The van der Waals surface area contributed by atoms with Gasteiger partial charge in [-0.15, -0.1) is 0 Å². The highest BCUT2D eigenvalue weighted by Crippen LogP contribution is 2.47. The molecule has 0 heterocycles. The molecule has 0 saturated heterocycles. The van der Waals surface area contributed by atoms with Crippen molar-refractivity contribution >= 4 is 0 Å². The molecule has 4 atom stereocenters. The first-order valence-corrected chi connectivity index (χ1v) is 18.3. The van der Waals surface area contributed by atoms with Crippen molar-refractivity contribution in [2.45, 2.75) is 117 Å². The van der Waals surface area contributed by atoms with Gasteiger partial charge in [-0.2, -0.15) is 9.68 Å². The Labute approximate surface area is 298 Å². The molecule has 272 valence electrons. The van der Waals surface area contributed by atoms with Crippen molar-refractivity contribution in [3.05, 3.63) is 99.0 Å². The Morgan fingerprint density at radius 1 is 0.680 bits per heavy atom. The van der Waals surface area contributed by atoms with Crippen molar-refractivity contribution in [2.75, 3.05) is 13.2 Å². The number of phenolic OH excluding ortho intramolecular Hbond substituents is 4. The number of aryl methyl sites for hydroxylation is 2. The van der Waals surface area contributed by atoms with E-state index in [4.69, 9.17) is 9.68 Å². The van der Waals surface area contributed by atoms with E-state index in [2.05, 4.69) is 39.2 Å². The average molecular weight is 689 g/mol. The summed E-state index contributed by atoms with van der Waals surface area (Å²) in [5.41, 5.74) is 8.42. The SMILES string of the molecule is C=C(C)[C@H]1CCC(C)=C[C@@H]1c1c(O)cc(O)cc1CCCCCO[N+](=O)OCCCCCc1cc(O)cc(O)c1[C@H]1C=C(C)CC[C@@H]1C(=C)C. The summed E-state index contributed by atoms with van der Waals surface area (Å²) in [5.74, 6) is 0.900. The highest BCUT2D eigenvalue weighted by atomic mass is 17.0. The molecule has 4 rings (SSSR count). The normalized spacial score (nSPS) is 20.5. The van der Waals surface area contributed by atoms with E-state index in [0.717, 1.165) is 84.8 Å². The van der Waals surface area contributed by atoms with Gasteiger partial charge in [-0.3, -0.25) is 0 Å². The summed E-state index contributed by atoms with van der Waals surface area (Å²) >= 11 is 0. The molecule has 0 aromatic heterocycles. The van der Waals surface area contributed by atoms with Gasteiger partial charge in [0, 0.05) is 35.1 Å². The van der Waals surface area contributed by atoms with Crippen molar-refractivity contribution in [2.24, 2.45) is 11.8 Å². The molecule has 0 amide bonds. The largest absolute Gasteiger partial charge is 0.508 e. The van der Waals surface area contributed by atoms with Gasteiger partial charge in [0.1, 0.15) is 27.9 Å². The van der Waals surface area contributed by atoms with E-state index in [0.29, 0.717) is 25.7 Å². The third kappa shape index (κ3) is 10.4. The van der Waals surface area contributed by atoms with Crippen molar-refractivity contribution in [3.63, 3.8) is 0 Å². The molecule has 0 spiro atoms. The minimum atomic E-state index is 0.0293. The van der Waals surface area contributed by atoms with Crippen LogP contribution >= 0.6 is 0 Å². The smallest absolute Gasteiger partial charge is 0.477 e. The van der Waals surface area contributed by atoms with Crippen LogP contribution in [0.15, 0.2) is 71.9 Å². The summed E-state index contributed by atoms with van der Waals surface area (Å²) in [6.07, 6.45) is 14.5. The minimum absolute atomic E-state index is 0.0293. The Balaban J connectivity index is 1.17. The lowest BCUT2D eigenvalue weighted by molar-refractivity contribution is -0.981. The molecule has 2 aliphatic carbocycles.